The molecule has 1 aliphatic rings. The van der Waals surface area contributed by atoms with Gasteiger partial charge in [0.1, 0.15) is 5.82 Å². The number of aliphatic carboxylic acids is 2. The zero-order valence-corrected chi connectivity index (χ0v) is 11.5. The van der Waals surface area contributed by atoms with Crippen molar-refractivity contribution >= 4 is 11.9 Å². The van der Waals surface area contributed by atoms with Crippen LogP contribution in [0.25, 0.3) is 0 Å². The SMILES string of the molecule is CC1=C(C(=O)O)C(c2ccccc2F)C(C(=O)O)=C(C)N1. The van der Waals surface area contributed by atoms with Crippen LogP contribution in [0.5, 0.6) is 0 Å². The lowest BCUT2D eigenvalue weighted by Crippen LogP contribution is -2.31. The molecule has 0 bridgehead atoms. The van der Waals surface area contributed by atoms with Gasteiger partial charge in [0.15, 0.2) is 0 Å². The van der Waals surface area contributed by atoms with Gasteiger partial charge < -0.3 is 15.5 Å². The normalized spacial score (nSPS) is 16.0. The van der Waals surface area contributed by atoms with Crippen LogP contribution < -0.4 is 5.32 Å². The molecule has 0 fully saturated rings. The van der Waals surface area contributed by atoms with Crippen LogP contribution in [0.1, 0.15) is 25.3 Å². The third-order valence-corrected chi connectivity index (χ3v) is 3.44. The Morgan fingerprint density at radius 3 is 1.95 bits per heavy atom. The summed E-state index contributed by atoms with van der Waals surface area (Å²) in [5.74, 6) is -4.34. The molecule has 0 saturated heterocycles. The van der Waals surface area contributed by atoms with Gasteiger partial charge in [-0.3, -0.25) is 0 Å². The number of dihydropyridines is 1. The van der Waals surface area contributed by atoms with Crippen LogP contribution in [0.4, 0.5) is 4.39 Å². The Kier molecular flexibility index (Phi) is 3.80. The highest BCUT2D eigenvalue weighted by Crippen LogP contribution is 2.39. The fourth-order valence-corrected chi connectivity index (χ4v) is 2.58. The average molecular weight is 291 g/mol. The molecule has 0 spiro atoms. The maximum Gasteiger partial charge on any atom is 0.334 e. The lowest BCUT2D eigenvalue weighted by Gasteiger charge is -2.28. The number of allylic oxidation sites excluding steroid dienone is 2. The minimum Gasteiger partial charge on any atom is -0.478 e. The predicted octanol–water partition coefficient (Wildman–Crippen LogP) is 2.23. The van der Waals surface area contributed by atoms with Gasteiger partial charge >= 0.3 is 11.9 Å². The fourth-order valence-electron chi connectivity index (χ4n) is 2.58. The summed E-state index contributed by atoms with van der Waals surface area (Å²) in [5, 5.41) is 21.5. The van der Waals surface area contributed by atoms with Gasteiger partial charge in [0.2, 0.25) is 0 Å². The van der Waals surface area contributed by atoms with E-state index in [1.807, 2.05) is 0 Å². The summed E-state index contributed by atoms with van der Waals surface area (Å²) < 4.78 is 14.1. The van der Waals surface area contributed by atoms with Crippen molar-refractivity contribution < 1.29 is 24.2 Å². The lowest BCUT2D eigenvalue weighted by atomic mass is 9.80. The summed E-state index contributed by atoms with van der Waals surface area (Å²) >= 11 is 0. The van der Waals surface area contributed by atoms with E-state index >= 15 is 0 Å². The predicted molar refractivity (Wildman–Crippen MR) is 72.9 cm³/mol. The summed E-state index contributed by atoms with van der Waals surface area (Å²) in [4.78, 5) is 23.0. The summed E-state index contributed by atoms with van der Waals surface area (Å²) in [7, 11) is 0. The van der Waals surface area contributed by atoms with Gasteiger partial charge in [-0.1, -0.05) is 18.2 Å². The molecule has 0 aromatic heterocycles. The minimum atomic E-state index is -1.28. The molecule has 1 aliphatic heterocycles. The molecule has 0 radical (unpaired) electrons. The van der Waals surface area contributed by atoms with Crippen LogP contribution in [-0.2, 0) is 9.59 Å². The topological polar surface area (TPSA) is 86.6 Å². The van der Waals surface area contributed by atoms with Gasteiger partial charge in [-0.25, -0.2) is 14.0 Å². The Morgan fingerprint density at radius 2 is 1.52 bits per heavy atom. The van der Waals surface area contributed by atoms with E-state index in [1.54, 1.807) is 6.07 Å². The highest BCUT2D eigenvalue weighted by molar-refractivity contribution is 5.98. The summed E-state index contributed by atoms with van der Waals surface area (Å²) in [6.45, 7) is 3.05. The van der Waals surface area contributed by atoms with Crippen LogP contribution in [0.15, 0.2) is 46.8 Å². The second-order valence-electron chi connectivity index (χ2n) is 4.77. The Morgan fingerprint density at radius 1 is 1.05 bits per heavy atom. The highest BCUT2D eigenvalue weighted by atomic mass is 19.1. The average Bonchev–Trinajstić information content (AvgIpc) is 2.37. The molecule has 1 heterocycles. The van der Waals surface area contributed by atoms with Gasteiger partial charge in [0, 0.05) is 17.0 Å². The van der Waals surface area contributed by atoms with Gasteiger partial charge in [0.25, 0.3) is 0 Å². The second kappa shape index (κ2) is 5.40. The maximum atomic E-state index is 14.1. The second-order valence-corrected chi connectivity index (χ2v) is 4.77. The van der Waals surface area contributed by atoms with E-state index in [1.165, 1.54) is 32.0 Å². The van der Waals surface area contributed by atoms with Crippen LogP contribution >= 0.6 is 0 Å². The Hall–Kier alpha value is -2.63. The van der Waals surface area contributed by atoms with E-state index < -0.39 is 23.7 Å². The molecular weight excluding hydrogens is 277 g/mol. The fraction of sp³-hybridized carbons (Fsp3) is 0.200. The Labute approximate surface area is 120 Å². The number of hydrogen-bond donors (Lipinski definition) is 3. The third kappa shape index (κ3) is 2.52. The van der Waals surface area contributed by atoms with E-state index in [9.17, 15) is 24.2 Å². The van der Waals surface area contributed by atoms with Crippen LogP contribution in [0.3, 0.4) is 0 Å². The van der Waals surface area contributed by atoms with Crippen molar-refractivity contribution in [1.82, 2.24) is 5.32 Å². The largest absolute Gasteiger partial charge is 0.478 e. The molecule has 0 amide bonds. The van der Waals surface area contributed by atoms with Gasteiger partial charge in [-0.2, -0.15) is 0 Å². The monoisotopic (exact) mass is 291 g/mol. The first kappa shape index (κ1) is 14.8. The van der Waals surface area contributed by atoms with E-state index in [0.717, 1.165) is 0 Å². The number of carboxylic acid groups (broad SMARTS) is 2. The molecule has 6 heteroatoms. The quantitative estimate of drug-likeness (QED) is 0.795. The zero-order chi connectivity index (χ0) is 15.7. The van der Waals surface area contributed by atoms with Crippen molar-refractivity contribution in [3.8, 4) is 0 Å². The highest BCUT2D eigenvalue weighted by Gasteiger charge is 2.37. The lowest BCUT2D eigenvalue weighted by molar-refractivity contribution is -0.133. The number of halogens is 1. The first-order chi connectivity index (χ1) is 9.84. The smallest absolute Gasteiger partial charge is 0.334 e. The molecule has 3 N–H and O–H groups in total. The standard InChI is InChI=1S/C15H14FNO4/c1-7-11(14(18)19)13(9-5-3-4-6-10(9)16)12(15(20)21)8(2)17-7/h3-6,13,17H,1-2H3,(H,18,19)(H,20,21). The van der Waals surface area contributed by atoms with E-state index in [4.69, 9.17) is 0 Å². The number of carbonyl (C=O) groups is 2. The summed E-state index contributed by atoms with van der Waals surface area (Å²) in [6.07, 6.45) is 0. The van der Waals surface area contributed by atoms with Crippen molar-refractivity contribution in [2.45, 2.75) is 19.8 Å². The molecule has 21 heavy (non-hydrogen) atoms. The van der Waals surface area contributed by atoms with Crippen molar-refractivity contribution in [1.29, 1.82) is 0 Å². The first-order valence-electron chi connectivity index (χ1n) is 6.24. The zero-order valence-electron chi connectivity index (χ0n) is 11.5. The summed E-state index contributed by atoms with van der Waals surface area (Å²) in [5.41, 5.74) is 0.315. The molecule has 2 rings (SSSR count). The van der Waals surface area contributed by atoms with Crippen LogP contribution in [-0.4, -0.2) is 22.2 Å². The van der Waals surface area contributed by atoms with Crippen molar-refractivity contribution in [2.24, 2.45) is 0 Å². The number of rotatable bonds is 3. The first-order valence-corrected chi connectivity index (χ1v) is 6.24. The molecule has 0 aliphatic carbocycles. The summed E-state index contributed by atoms with van der Waals surface area (Å²) in [6, 6.07) is 5.59. The number of hydrogen-bond acceptors (Lipinski definition) is 3. The molecule has 0 unspecified atom stereocenters. The van der Waals surface area contributed by atoms with E-state index in [2.05, 4.69) is 5.32 Å². The third-order valence-electron chi connectivity index (χ3n) is 3.44. The molecule has 1 aromatic carbocycles. The molecule has 1 aromatic rings. The number of carboxylic acids is 2. The van der Waals surface area contributed by atoms with Gasteiger partial charge in [-0.05, 0) is 19.9 Å². The molecule has 5 nitrogen and oxygen atoms in total. The van der Waals surface area contributed by atoms with Crippen molar-refractivity contribution in [3.63, 3.8) is 0 Å². The Bertz CT molecular complexity index is 655. The van der Waals surface area contributed by atoms with E-state index in [-0.39, 0.29) is 16.7 Å². The molecule has 110 valence electrons. The van der Waals surface area contributed by atoms with Crippen LogP contribution in [0, 0.1) is 5.82 Å². The Balaban J connectivity index is 2.74. The molecule has 0 atom stereocenters. The molecule has 0 saturated carbocycles. The van der Waals surface area contributed by atoms with Gasteiger partial charge in [-0.15, -0.1) is 0 Å². The van der Waals surface area contributed by atoms with Crippen LogP contribution in [0.2, 0.25) is 0 Å². The number of nitrogens with one attached hydrogen (secondary N) is 1. The van der Waals surface area contributed by atoms with E-state index in [0.29, 0.717) is 11.4 Å². The molecular formula is C15H14FNO4. The maximum absolute atomic E-state index is 14.1. The minimum absolute atomic E-state index is 0.0347. The number of benzene rings is 1. The van der Waals surface area contributed by atoms with Gasteiger partial charge in [0.05, 0.1) is 17.1 Å². The van der Waals surface area contributed by atoms with Crippen molar-refractivity contribution in [2.75, 3.05) is 0 Å². The van der Waals surface area contributed by atoms with Crippen molar-refractivity contribution in [3.05, 3.63) is 58.2 Å².